The molecule has 1 fully saturated rings. The average molecular weight is 425 g/mol. The molecule has 6 heteroatoms. The highest BCUT2D eigenvalue weighted by Crippen LogP contribution is 2.25. The molecule has 2 aromatic carbocycles. The van der Waals surface area contributed by atoms with Crippen molar-refractivity contribution in [2.75, 3.05) is 6.54 Å². The zero-order valence-electron chi connectivity index (χ0n) is 17.3. The first-order chi connectivity index (χ1) is 14.4. The second-order valence-corrected chi connectivity index (χ2v) is 10.0. The van der Waals surface area contributed by atoms with Crippen LogP contribution in [0.4, 0.5) is 0 Å². The van der Waals surface area contributed by atoms with Gasteiger partial charge in [0.05, 0.1) is 10.4 Å². The van der Waals surface area contributed by atoms with E-state index in [0.29, 0.717) is 18.5 Å². The zero-order chi connectivity index (χ0) is 21.1. The molecule has 0 saturated heterocycles. The van der Waals surface area contributed by atoms with Crippen LogP contribution in [0.5, 0.6) is 0 Å². The van der Waals surface area contributed by atoms with E-state index in [1.807, 2.05) is 31.2 Å². The Balaban J connectivity index is 1.50. The average Bonchev–Trinajstić information content (AvgIpc) is 3.19. The fourth-order valence-corrected chi connectivity index (χ4v) is 5.52. The van der Waals surface area contributed by atoms with E-state index >= 15 is 0 Å². The number of carbonyl (C=O) groups excluding carboxylic acids is 1. The number of aryl methyl sites for hydroxylation is 1. The fourth-order valence-electron chi connectivity index (χ4n) is 4.18. The summed E-state index contributed by atoms with van der Waals surface area (Å²) >= 11 is 0. The van der Waals surface area contributed by atoms with Crippen LogP contribution in [0.2, 0.25) is 0 Å². The third-order valence-corrected chi connectivity index (χ3v) is 7.69. The molecule has 3 aromatic rings. The van der Waals surface area contributed by atoms with Crippen LogP contribution in [0.15, 0.2) is 59.6 Å². The molecule has 1 aromatic heterocycles. The van der Waals surface area contributed by atoms with Gasteiger partial charge in [0, 0.05) is 24.0 Å². The van der Waals surface area contributed by atoms with Gasteiger partial charge in [-0.05, 0) is 56.0 Å². The lowest BCUT2D eigenvalue weighted by atomic mass is 9.88. The maximum Gasteiger partial charge on any atom is 0.268 e. The number of carbonyl (C=O) groups is 1. The molecule has 0 unspecified atom stereocenters. The van der Waals surface area contributed by atoms with E-state index in [-0.39, 0.29) is 16.7 Å². The van der Waals surface area contributed by atoms with Gasteiger partial charge in [0.1, 0.15) is 0 Å². The van der Waals surface area contributed by atoms with Gasteiger partial charge in [0.2, 0.25) is 5.91 Å². The van der Waals surface area contributed by atoms with Crippen LogP contribution in [0.1, 0.15) is 43.2 Å². The van der Waals surface area contributed by atoms with Gasteiger partial charge in [-0.3, -0.25) is 4.79 Å². The third-order valence-electron chi connectivity index (χ3n) is 5.99. The first kappa shape index (κ1) is 20.7. The minimum absolute atomic E-state index is 0.151. The molecule has 0 radical (unpaired) electrons. The summed E-state index contributed by atoms with van der Waals surface area (Å²) in [6.07, 6.45) is 7.76. The minimum atomic E-state index is -3.66. The van der Waals surface area contributed by atoms with Crippen LogP contribution in [-0.4, -0.2) is 24.8 Å². The second kappa shape index (κ2) is 8.64. The summed E-state index contributed by atoms with van der Waals surface area (Å²) in [6.45, 7) is 2.49. The first-order valence-corrected chi connectivity index (χ1v) is 12.1. The normalized spacial score (nSPS) is 15.4. The summed E-state index contributed by atoms with van der Waals surface area (Å²) in [5.74, 6) is 0.305. The molecule has 0 spiro atoms. The van der Waals surface area contributed by atoms with Crippen molar-refractivity contribution < 1.29 is 13.2 Å². The van der Waals surface area contributed by atoms with E-state index < -0.39 is 10.0 Å². The highest BCUT2D eigenvalue weighted by Gasteiger charge is 2.21. The Kier molecular flexibility index (Phi) is 5.95. The number of nitrogens with zero attached hydrogens (tertiary/aromatic N) is 1. The number of hydrogen-bond donors (Lipinski definition) is 1. The van der Waals surface area contributed by atoms with Crippen molar-refractivity contribution in [1.82, 2.24) is 9.29 Å². The summed E-state index contributed by atoms with van der Waals surface area (Å²) in [6, 6.07) is 14.6. The van der Waals surface area contributed by atoms with Gasteiger partial charge in [-0.25, -0.2) is 12.4 Å². The molecular weight excluding hydrogens is 396 g/mol. The quantitative estimate of drug-likeness (QED) is 0.637. The van der Waals surface area contributed by atoms with E-state index in [1.165, 1.54) is 10.4 Å². The van der Waals surface area contributed by atoms with Gasteiger partial charge in [-0.1, -0.05) is 49.1 Å². The molecule has 1 aliphatic carbocycles. The van der Waals surface area contributed by atoms with Crippen molar-refractivity contribution in [3.8, 4) is 0 Å². The Labute approximate surface area is 178 Å². The first-order valence-electron chi connectivity index (χ1n) is 10.6. The number of amides is 1. The molecule has 1 amide bonds. The lowest BCUT2D eigenvalue weighted by Gasteiger charge is -2.20. The largest absolute Gasteiger partial charge is 0.356 e. The lowest BCUT2D eigenvalue weighted by Crippen LogP contribution is -2.33. The minimum Gasteiger partial charge on any atom is -0.356 e. The predicted octanol–water partition coefficient (Wildman–Crippen LogP) is 4.43. The Bertz CT molecular complexity index is 1140. The standard InChI is InChI=1S/C24H28N2O3S/c1-18-7-11-22(12-8-18)30(28,29)26-16-14-20-10-9-19(17-23(20)26)13-15-25-24(27)21-5-3-2-4-6-21/h7-12,14,16-17,21H,2-6,13,15H2,1H3,(H,25,27). The van der Waals surface area contributed by atoms with Crippen LogP contribution < -0.4 is 5.32 Å². The van der Waals surface area contributed by atoms with E-state index in [4.69, 9.17) is 0 Å². The van der Waals surface area contributed by atoms with Crippen molar-refractivity contribution in [2.45, 2.75) is 50.3 Å². The van der Waals surface area contributed by atoms with Crippen molar-refractivity contribution in [2.24, 2.45) is 5.92 Å². The molecular formula is C24H28N2O3S. The lowest BCUT2D eigenvalue weighted by molar-refractivity contribution is -0.125. The molecule has 0 bridgehead atoms. The van der Waals surface area contributed by atoms with Gasteiger partial charge in [-0.15, -0.1) is 0 Å². The van der Waals surface area contributed by atoms with Gasteiger partial charge in [0.25, 0.3) is 10.0 Å². The van der Waals surface area contributed by atoms with Gasteiger partial charge in [0.15, 0.2) is 0 Å². The Morgan fingerprint density at radius 3 is 2.50 bits per heavy atom. The van der Waals surface area contributed by atoms with Crippen LogP contribution in [-0.2, 0) is 21.2 Å². The molecule has 5 nitrogen and oxygen atoms in total. The summed E-state index contributed by atoms with van der Waals surface area (Å²) in [4.78, 5) is 12.6. The summed E-state index contributed by atoms with van der Waals surface area (Å²) in [5, 5.41) is 3.93. The molecule has 4 rings (SSSR count). The van der Waals surface area contributed by atoms with Gasteiger partial charge in [-0.2, -0.15) is 0 Å². The van der Waals surface area contributed by atoms with Crippen LogP contribution in [0, 0.1) is 12.8 Å². The van der Waals surface area contributed by atoms with Crippen molar-refractivity contribution >= 4 is 26.8 Å². The number of nitrogens with one attached hydrogen (secondary N) is 1. The fraction of sp³-hybridized carbons (Fsp3) is 0.375. The van der Waals surface area contributed by atoms with Crippen LogP contribution in [0.25, 0.3) is 10.9 Å². The van der Waals surface area contributed by atoms with Crippen molar-refractivity contribution in [3.05, 3.63) is 65.9 Å². The monoisotopic (exact) mass is 424 g/mol. The SMILES string of the molecule is Cc1ccc(S(=O)(=O)n2ccc3ccc(CCNC(=O)C4CCCCC4)cc32)cc1. The van der Waals surface area contributed by atoms with Gasteiger partial charge >= 0.3 is 0 Å². The molecule has 0 atom stereocenters. The molecule has 1 saturated carbocycles. The molecule has 0 aliphatic heterocycles. The summed E-state index contributed by atoms with van der Waals surface area (Å²) < 4.78 is 27.6. The number of rotatable bonds is 6. The van der Waals surface area contributed by atoms with Crippen LogP contribution in [0.3, 0.4) is 0 Å². The van der Waals surface area contributed by atoms with E-state index in [9.17, 15) is 13.2 Å². The van der Waals surface area contributed by atoms with Gasteiger partial charge < -0.3 is 5.32 Å². The maximum absolute atomic E-state index is 13.1. The molecule has 158 valence electrons. The van der Waals surface area contributed by atoms with Crippen molar-refractivity contribution in [3.63, 3.8) is 0 Å². The van der Waals surface area contributed by atoms with E-state index in [1.54, 1.807) is 30.5 Å². The maximum atomic E-state index is 13.1. The Morgan fingerprint density at radius 1 is 1.03 bits per heavy atom. The van der Waals surface area contributed by atoms with Crippen LogP contribution >= 0.6 is 0 Å². The molecule has 1 N–H and O–H groups in total. The summed E-state index contributed by atoms with van der Waals surface area (Å²) in [7, 11) is -3.66. The summed E-state index contributed by atoms with van der Waals surface area (Å²) in [5.41, 5.74) is 2.68. The number of benzene rings is 2. The molecule has 30 heavy (non-hydrogen) atoms. The molecule has 1 heterocycles. The van der Waals surface area contributed by atoms with E-state index in [2.05, 4.69) is 5.32 Å². The topological polar surface area (TPSA) is 68.2 Å². The highest BCUT2D eigenvalue weighted by molar-refractivity contribution is 7.90. The second-order valence-electron chi connectivity index (χ2n) is 8.20. The number of aromatic nitrogens is 1. The zero-order valence-corrected chi connectivity index (χ0v) is 18.1. The van der Waals surface area contributed by atoms with Crippen molar-refractivity contribution in [1.29, 1.82) is 0 Å². The number of fused-ring (bicyclic) bond motifs is 1. The Morgan fingerprint density at radius 2 is 1.77 bits per heavy atom. The third kappa shape index (κ3) is 4.29. The molecule has 1 aliphatic rings. The van der Waals surface area contributed by atoms with E-state index in [0.717, 1.165) is 42.2 Å². The number of hydrogen-bond acceptors (Lipinski definition) is 3. The Hall–Kier alpha value is -2.60. The smallest absolute Gasteiger partial charge is 0.268 e. The predicted molar refractivity (Wildman–Crippen MR) is 119 cm³/mol. The highest BCUT2D eigenvalue weighted by atomic mass is 32.2.